The van der Waals surface area contributed by atoms with Crippen molar-refractivity contribution in [2.45, 2.75) is 71.3 Å². The molecule has 0 aliphatic heterocycles. The van der Waals surface area contributed by atoms with Crippen LogP contribution in [0.25, 0.3) is 0 Å². The monoisotopic (exact) mass is 323 g/mol. The number of unbranched alkanes of at least 4 members (excludes halogenated alkanes) is 7. The van der Waals surface area contributed by atoms with Gasteiger partial charge in [0, 0.05) is 0 Å². The molecule has 0 aromatic heterocycles. The summed E-state index contributed by atoms with van der Waals surface area (Å²) in [6.45, 7) is 4.05. The van der Waals surface area contributed by atoms with Crippen LogP contribution in [0.1, 0.15) is 65.2 Å². The maximum Gasteiger partial charge on any atom is 0.322 e. The van der Waals surface area contributed by atoms with Crippen molar-refractivity contribution in [3.8, 4) is 0 Å². The third-order valence-electron chi connectivity index (χ3n) is 3.17. The fraction of sp³-hybridized carbons (Fsp3) is 0.929. The predicted molar refractivity (Wildman–Crippen MR) is 82.6 cm³/mol. The first kappa shape index (κ1) is 20.3. The number of nitrogens with one attached hydrogen (secondary N) is 1. The molecule has 1 atom stereocenters. The molecule has 0 aliphatic rings. The lowest BCUT2D eigenvalue weighted by Gasteiger charge is -2.12. The third-order valence-corrected chi connectivity index (χ3v) is 3.70. The zero-order chi connectivity index (χ0) is 16.1. The molecule has 6 nitrogen and oxygen atoms in total. The topological polar surface area (TPSA) is 92.7 Å². The van der Waals surface area contributed by atoms with Gasteiger partial charge in [0.25, 0.3) is 10.1 Å². The number of hydrogen-bond donors (Lipinski definition) is 2. The number of hydrogen-bond acceptors (Lipinski definition) is 5. The summed E-state index contributed by atoms with van der Waals surface area (Å²) < 4.78 is 34.6. The van der Waals surface area contributed by atoms with Gasteiger partial charge in [-0.15, -0.1) is 0 Å². The molecule has 0 aromatic carbocycles. The Bertz CT molecular complexity index is 370. The first-order valence-electron chi connectivity index (χ1n) is 7.72. The van der Waals surface area contributed by atoms with Crippen LogP contribution in [0.15, 0.2) is 0 Å². The lowest BCUT2D eigenvalue weighted by atomic mass is 10.1. The largest absolute Gasteiger partial charge is 0.465 e. The number of ether oxygens (including phenoxy) is 1. The second kappa shape index (κ2) is 11.9. The van der Waals surface area contributed by atoms with Crippen LogP contribution in [-0.2, 0) is 19.6 Å². The highest BCUT2D eigenvalue weighted by molar-refractivity contribution is 7.85. The normalized spacial score (nSPS) is 13.1. The summed E-state index contributed by atoms with van der Waals surface area (Å²) in [5.74, 6) is -1.15. The van der Waals surface area contributed by atoms with Gasteiger partial charge in [0.2, 0.25) is 0 Å². The standard InChI is InChI=1S/C14H29NO5S/c1-3-4-5-6-7-8-9-10-11-20-14(16)13(2)15-12-21(17,18)19/h13,15H,3-12H2,1-2H3,(H,17,18,19)/t13-/m1/s1. The van der Waals surface area contributed by atoms with Crippen molar-refractivity contribution in [1.82, 2.24) is 5.32 Å². The number of carbonyl (C=O) groups excluding carboxylic acids is 1. The van der Waals surface area contributed by atoms with Gasteiger partial charge in [-0.2, -0.15) is 8.42 Å². The number of carbonyl (C=O) groups is 1. The molecule has 0 fully saturated rings. The highest BCUT2D eigenvalue weighted by Crippen LogP contribution is 2.08. The summed E-state index contributed by atoms with van der Waals surface area (Å²) in [4.78, 5) is 11.5. The molecule has 7 heteroatoms. The highest BCUT2D eigenvalue weighted by Gasteiger charge is 2.16. The molecule has 0 aromatic rings. The Labute approximate surface area is 128 Å². The van der Waals surface area contributed by atoms with Crippen LogP contribution in [0.5, 0.6) is 0 Å². The third kappa shape index (κ3) is 14.1. The fourth-order valence-electron chi connectivity index (χ4n) is 1.85. The summed E-state index contributed by atoms with van der Waals surface area (Å²) in [6.07, 6.45) is 9.34. The Balaban J connectivity index is 3.48. The summed E-state index contributed by atoms with van der Waals surface area (Å²) >= 11 is 0. The van der Waals surface area contributed by atoms with Gasteiger partial charge in [0.05, 0.1) is 6.61 Å². The lowest BCUT2D eigenvalue weighted by Crippen LogP contribution is -2.38. The van der Waals surface area contributed by atoms with Gasteiger partial charge >= 0.3 is 5.97 Å². The van der Waals surface area contributed by atoms with Gasteiger partial charge in [-0.1, -0.05) is 51.9 Å². The quantitative estimate of drug-likeness (QED) is 0.307. The number of esters is 1. The van der Waals surface area contributed by atoms with E-state index < -0.39 is 28.0 Å². The first-order chi connectivity index (χ1) is 9.87. The molecule has 0 amide bonds. The zero-order valence-corrected chi connectivity index (χ0v) is 14.0. The predicted octanol–water partition coefficient (Wildman–Crippen LogP) is 2.49. The van der Waals surface area contributed by atoms with Crippen molar-refractivity contribution in [2.24, 2.45) is 0 Å². The van der Waals surface area contributed by atoms with E-state index in [0.29, 0.717) is 6.61 Å². The average Bonchev–Trinajstić information content (AvgIpc) is 2.41. The number of rotatable bonds is 13. The molecule has 0 spiro atoms. The second-order valence-electron chi connectivity index (χ2n) is 5.29. The fourth-order valence-corrected chi connectivity index (χ4v) is 2.31. The van der Waals surface area contributed by atoms with E-state index in [2.05, 4.69) is 12.2 Å². The SMILES string of the molecule is CCCCCCCCCCOC(=O)[C@@H](C)NCS(=O)(=O)O. The Morgan fingerprint density at radius 3 is 2.14 bits per heavy atom. The van der Waals surface area contributed by atoms with Crippen LogP contribution in [0, 0.1) is 0 Å². The van der Waals surface area contributed by atoms with Crippen LogP contribution in [0.4, 0.5) is 0 Å². The van der Waals surface area contributed by atoms with Gasteiger partial charge in [-0.3, -0.25) is 14.7 Å². The van der Waals surface area contributed by atoms with E-state index in [-0.39, 0.29) is 0 Å². The van der Waals surface area contributed by atoms with Gasteiger partial charge in [0.15, 0.2) is 0 Å². The molecule has 0 unspecified atom stereocenters. The summed E-state index contributed by atoms with van der Waals surface area (Å²) in [7, 11) is -4.11. The van der Waals surface area contributed by atoms with Crippen LogP contribution in [0.3, 0.4) is 0 Å². The Hall–Kier alpha value is -0.660. The molecule has 126 valence electrons. The Kier molecular flexibility index (Phi) is 11.6. The van der Waals surface area contributed by atoms with E-state index in [1.165, 1.54) is 39.0 Å². The minimum Gasteiger partial charge on any atom is -0.465 e. The van der Waals surface area contributed by atoms with Gasteiger partial charge in [-0.05, 0) is 13.3 Å². The van der Waals surface area contributed by atoms with E-state index in [0.717, 1.165) is 19.3 Å². The van der Waals surface area contributed by atoms with Crippen molar-refractivity contribution < 1.29 is 22.5 Å². The summed E-state index contributed by atoms with van der Waals surface area (Å²) in [5.41, 5.74) is 0. The van der Waals surface area contributed by atoms with E-state index in [4.69, 9.17) is 9.29 Å². The van der Waals surface area contributed by atoms with Crippen LogP contribution in [0.2, 0.25) is 0 Å². The van der Waals surface area contributed by atoms with Gasteiger partial charge in [0.1, 0.15) is 11.9 Å². The molecule has 0 heterocycles. The molecule has 0 rings (SSSR count). The van der Waals surface area contributed by atoms with Gasteiger partial charge < -0.3 is 4.74 Å². The first-order valence-corrected chi connectivity index (χ1v) is 9.33. The summed E-state index contributed by atoms with van der Waals surface area (Å²) in [5, 5.41) is 2.39. The van der Waals surface area contributed by atoms with Crippen molar-refractivity contribution in [1.29, 1.82) is 0 Å². The van der Waals surface area contributed by atoms with Crippen LogP contribution < -0.4 is 5.32 Å². The van der Waals surface area contributed by atoms with Crippen LogP contribution in [-0.4, -0.2) is 37.5 Å². The van der Waals surface area contributed by atoms with Crippen molar-refractivity contribution >= 4 is 16.1 Å². The minimum atomic E-state index is -4.11. The second-order valence-corrected chi connectivity index (χ2v) is 6.75. The zero-order valence-electron chi connectivity index (χ0n) is 13.1. The van der Waals surface area contributed by atoms with Crippen molar-refractivity contribution in [3.63, 3.8) is 0 Å². The van der Waals surface area contributed by atoms with E-state index >= 15 is 0 Å². The average molecular weight is 323 g/mol. The molecule has 2 N–H and O–H groups in total. The molecular weight excluding hydrogens is 294 g/mol. The van der Waals surface area contributed by atoms with Crippen molar-refractivity contribution in [2.75, 3.05) is 12.5 Å². The molecular formula is C14H29NO5S. The smallest absolute Gasteiger partial charge is 0.322 e. The highest BCUT2D eigenvalue weighted by atomic mass is 32.2. The summed E-state index contributed by atoms with van der Waals surface area (Å²) in [6, 6.07) is -0.749. The molecule has 0 saturated carbocycles. The molecule has 0 bridgehead atoms. The van der Waals surface area contributed by atoms with Crippen LogP contribution >= 0.6 is 0 Å². The molecule has 21 heavy (non-hydrogen) atoms. The molecule has 0 radical (unpaired) electrons. The maximum atomic E-state index is 11.5. The molecule has 0 saturated heterocycles. The lowest BCUT2D eigenvalue weighted by molar-refractivity contribution is -0.145. The van der Waals surface area contributed by atoms with E-state index in [1.807, 2.05) is 0 Å². The Morgan fingerprint density at radius 2 is 1.62 bits per heavy atom. The van der Waals surface area contributed by atoms with Crippen molar-refractivity contribution in [3.05, 3.63) is 0 Å². The van der Waals surface area contributed by atoms with Gasteiger partial charge in [-0.25, -0.2) is 0 Å². The maximum absolute atomic E-state index is 11.5. The molecule has 0 aliphatic carbocycles. The van der Waals surface area contributed by atoms with E-state index in [9.17, 15) is 13.2 Å². The van der Waals surface area contributed by atoms with E-state index in [1.54, 1.807) is 0 Å². The minimum absolute atomic E-state index is 0.353. The Morgan fingerprint density at radius 1 is 1.10 bits per heavy atom.